The maximum Gasteiger partial charge on any atom is 0.236 e. The summed E-state index contributed by atoms with van der Waals surface area (Å²) in [5.41, 5.74) is 0.675. The molecule has 0 aliphatic carbocycles. The van der Waals surface area contributed by atoms with Crippen LogP contribution in [-0.4, -0.2) is 17.1 Å². The van der Waals surface area contributed by atoms with Gasteiger partial charge in [0.1, 0.15) is 5.02 Å². The first-order valence-electron chi connectivity index (χ1n) is 2.70. The lowest BCUT2D eigenvalue weighted by atomic mass is 10.4. The molecule has 1 aromatic rings. The third-order valence-corrected chi connectivity index (χ3v) is 1.50. The van der Waals surface area contributed by atoms with Crippen molar-refractivity contribution in [2.75, 3.05) is 7.11 Å². The van der Waals surface area contributed by atoms with Gasteiger partial charge in [0.2, 0.25) is 12.2 Å². The minimum atomic E-state index is 0.370. The van der Waals surface area contributed by atoms with Gasteiger partial charge in [0.05, 0.1) is 12.8 Å². The van der Waals surface area contributed by atoms with Crippen molar-refractivity contribution in [2.45, 2.75) is 6.92 Å². The number of aryl methyl sites for hydroxylation is 1. The average molecular weight is 158 g/mol. The Morgan fingerprint density at radius 2 is 2.20 bits per heavy atom. The normalized spacial score (nSPS) is 9.50. The molecule has 0 amide bonds. The maximum atomic E-state index is 5.72. The summed E-state index contributed by atoms with van der Waals surface area (Å²) in [5.74, 6) is 0.370. The van der Waals surface area contributed by atoms with E-state index >= 15 is 0 Å². The van der Waals surface area contributed by atoms with Crippen molar-refractivity contribution in [3.05, 3.63) is 17.0 Å². The molecule has 0 unspecified atom stereocenters. The van der Waals surface area contributed by atoms with Crippen LogP contribution < -0.4 is 4.74 Å². The highest BCUT2D eigenvalue weighted by molar-refractivity contribution is 6.32. The first-order chi connectivity index (χ1) is 4.75. The Balaban J connectivity index is 3.14. The number of hydrogen-bond acceptors (Lipinski definition) is 3. The Bertz CT molecular complexity index is 239. The van der Waals surface area contributed by atoms with E-state index in [0.717, 1.165) is 0 Å². The fraction of sp³-hybridized carbons (Fsp3) is 0.333. The molecule has 4 heteroatoms. The summed E-state index contributed by atoms with van der Waals surface area (Å²) in [6, 6.07) is 0. The fourth-order valence-corrected chi connectivity index (χ4v) is 0.695. The molecule has 1 aromatic heterocycles. The van der Waals surface area contributed by atoms with Crippen LogP contribution in [-0.2, 0) is 0 Å². The van der Waals surface area contributed by atoms with Gasteiger partial charge >= 0.3 is 0 Å². The van der Waals surface area contributed by atoms with Gasteiger partial charge in [0, 0.05) is 0 Å². The number of nitrogens with zero attached hydrogens (tertiary/aromatic N) is 2. The Kier molecular flexibility index (Phi) is 2.06. The Hall–Kier alpha value is -0.830. The highest BCUT2D eigenvalue weighted by Crippen LogP contribution is 2.21. The first kappa shape index (κ1) is 7.28. The van der Waals surface area contributed by atoms with E-state index in [4.69, 9.17) is 16.3 Å². The molecule has 10 heavy (non-hydrogen) atoms. The molecule has 0 aliphatic rings. The summed E-state index contributed by atoms with van der Waals surface area (Å²) >= 11 is 5.72. The van der Waals surface area contributed by atoms with E-state index in [1.165, 1.54) is 7.11 Å². The second kappa shape index (κ2) is 2.84. The van der Waals surface area contributed by atoms with E-state index in [9.17, 15) is 0 Å². The second-order valence-electron chi connectivity index (χ2n) is 1.73. The van der Waals surface area contributed by atoms with Gasteiger partial charge in [-0.25, -0.2) is 4.98 Å². The van der Waals surface area contributed by atoms with Crippen LogP contribution in [0.4, 0.5) is 0 Å². The zero-order valence-electron chi connectivity index (χ0n) is 5.68. The molecule has 0 aliphatic heterocycles. The van der Waals surface area contributed by atoms with Crippen LogP contribution in [0.15, 0.2) is 0 Å². The van der Waals surface area contributed by atoms with Crippen LogP contribution in [0, 0.1) is 13.3 Å². The van der Waals surface area contributed by atoms with Gasteiger partial charge in [-0.3, -0.25) is 0 Å². The molecule has 0 bridgehead atoms. The number of aromatic nitrogens is 2. The monoisotopic (exact) mass is 157 g/mol. The molecule has 1 heterocycles. The molecule has 0 saturated heterocycles. The second-order valence-corrected chi connectivity index (χ2v) is 2.11. The zero-order chi connectivity index (χ0) is 7.56. The summed E-state index contributed by atoms with van der Waals surface area (Å²) in [6.45, 7) is 1.77. The highest BCUT2D eigenvalue weighted by atomic mass is 35.5. The molecule has 1 radical (unpaired) electrons. The van der Waals surface area contributed by atoms with Crippen LogP contribution in [0.1, 0.15) is 5.69 Å². The lowest BCUT2D eigenvalue weighted by Crippen LogP contribution is -1.92. The lowest BCUT2D eigenvalue weighted by Gasteiger charge is -2.00. The van der Waals surface area contributed by atoms with Crippen LogP contribution in [0.3, 0.4) is 0 Å². The van der Waals surface area contributed by atoms with Crippen LogP contribution in [0.5, 0.6) is 5.88 Å². The Morgan fingerprint density at radius 1 is 1.50 bits per heavy atom. The van der Waals surface area contributed by atoms with E-state index in [-0.39, 0.29) is 0 Å². The molecule has 3 nitrogen and oxygen atoms in total. The molecule has 53 valence electrons. The van der Waals surface area contributed by atoms with Gasteiger partial charge in [-0.05, 0) is 6.92 Å². The minimum Gasteiger partial charge on any atom is -0.480 e. The Morgan fingerprint density at radius 3 is 2.70 bits per heavy atom. The highest BCUT2D eigenvalue weighted by Gasteiger charge is 2.03. The molecular formula is C6H6ClN2O. The minimum absolute atomic E-state index is 0.370. The van der Waals surface area contributed by atoms with Crippen molar-refractivity contribution in [1.82, 2.24) is 9.97 Å². The van der Waals surface area contributed by atoms with Crippen LogP contribution in [0.2, 0.25) is 5.02 Å². The topological polar surface area (TPSA) is 35.0 Å². The van der Waals surface area contributed by atoms with Crippen molar-refractivity contribution in [1.29, 1.82) is 0 Å². The third-order valence-electron chi connectivity index (χ3n) is 1.07. The molecular weight excluding hydrogens is 152 g/mol. The predicted octanol–water partition coefficient (Wildman–Crippen LogP) is 1.25. The van der Waals surface area contributed by atoms with Gasteiger partial charge in [-0.2, -0.15) is 4.98 Å². The average Bonchev–Trinajstić information content (AvgIpc) is 1.95. The summed E-state index contributed by atoms with van der Waals surface area (Å²) in [4.78, 5) is 7.41. The quantitative estimate of drug-likeness (QED) is 0.616. The van der Waals surface area contributed by atoms with E-state index < -0.39 is 0 Å². The zero-order valence-corrected chi connectivity index (χ0v) is 6.44. The van der Waals surface area contributed by atoms with E-state index in [1.54, 1.807) is 6.92 Å². The van der Waals surface area contributed by atoms with E-state index in [0.29, 0.717) is 16.6 Å². The van der Waals surface area contributed by atoms with Gasteiger partial charge in [0.15, 0.2) is 0 Å². The van der Waals surface area contributed by atoms with Crippen LogP contribution in [0.25, 0.3) is 0 Å². The molecule has 0 fully saturated rings. The van der Waals surface area contributed by atoms with Crippen molar-refractivity contribution < 1.29 is 4.74 Å². The molecule has 1 rings (SSSR count). The van der Waals surface area contributed by atoms with Gasteiger partial charge in [-0.15, -0.1) is 0 Å². The number of halogens is 1. The lowest BCUT2D eigenvalue weighted by molar-refractivity contribution is 0.396. The van der Waals surface area contributed by atoms with Gasteiger partial charge in [-0.1, -0.05) is 11.6 Å². The first-order valence-corrected chi connectivity index (χ1v) is 3.07. The molecule has 0 spiro atoms. The van der Waals surface area contributed by atoms with Crippen molar-refractivity contribution >= 4 is 11.6 Å². The van der Waals surface area contributed by atoms with Crippen molar-refractivity contribution in [3.63, 3.8) is 0 Å². The Labute approximate surface area is 64.0 Å². The number of ether oxygens (including phenoxy) is 1. The summed E-state index contributed by atoms with van der Waals surface area (Å²) in [7, 11) is 1.50. The molecule has 0 atom stereocenters. The summed E-state index contributed by atoms with van der Waals surface area (Å²) in [6.07, 6.45) is 2.41. The molecule has 0 N–H and O–H groups in total. The smallest absolute Gasteiger partial charge is 0.236 e. The molecule has 0 aromatic carbocycles. The van der Waals surface area contributed by atoms with E-state index in [2.05, 4.69) is 16.3 Å². The summed E-state index contributed by atoms with van der Waals surface area (Å²) in [5, 5.41) is 0.446. The number of hydrogen-bond donors (Lipinski definition) is 0. The predicted molar refractivity (Wildman–Crippen MR) is 37.2 cm³/mol. The van der Waals surface area contributed by atoms with Crippen molar-refractivity contribution in [3.8, 4) is 5.88 Å². The largest absolute Gasteiger partial charge is 0.480 e. The maximum absolute atomic E-state index is 5.72. The molecule has 0 saturated carbocycles. The fourth-order valence-electron chi connectivity index (χ4n) is 0.534. The standard InChI is InChI=1S/C6H6ClN2O/c1-4-5(7)6(10-2)9-3-8-4/h1-2H3. The van der Waals surface area contributed by atoms with E-state index in [1.807, 2.05) is 0 Å². The SMILES string of the molecule is COc1n[c]nc(C)c1Cl. The summed E-state index contributed by atoms with van der Waals surface area (Å²) < 4.78 is 4.81. The van der Waals surface area contributed by atoms with Gasteiger partial charge < -0.3 is 4.74 Å². The third kappa shape index (κ3) is 1.19. The van der Waals surface area contributed by atoms with Crippen LogP contribution >= 0.6 is 11.6 Å². The van der Waals surface area contributed by atoms with Crippen molar-refractivity contribution in [2.24, 2.45) is 0 Å². The van der Waals surface area contributed by atoms with Gasteiger partial charge in [0.25, 0.3) is 0 Å². The number of methoxy groups -OCH3 is 1. The number of rotatable bonds is 1.